The van der Waals surface area contributed by atoms with Gasteiger partial charge >= 0.3 is 0 Å². The van der Waals surface area contributed by atoms with Gasteiger partial charge in [-0.3, -0.25) is 4.79 Å². The molecule has 0 aliphatic heterocycles. The maximum atomic E-state index is 11.9. The number of hydrogen-bond donors (Lipinski definition) is 1. The number of carbonyl (C=O) groups excluding carboxylic acids is 1. The van der Waals surface area contributed by atoms with Gasteiger partial charge in [-0.25, -0.2) is 0 Å². The fourth-order valence-electron chi connectivity index (χ4n) is 2.41. The zero-order valence-electron chi connectivity index (χ0n) is 11.9. The number of carbonyl (C=O) groups is 1. The molecule has 0 fully saturated rings. The number of amides is 1. The zero-order chi connectivity index (χ0) is 14.4. The highest BCUT2D eigenvalue weighted by atomic mass is 16.1. The molecule has 2 N–H and O–H groups in total. The van der Waals surface area contributed by atoms with E-state index in [2.05, 4.69) is 12.1 Å². The van der Waals surface area contributed by atoms with Crippen molar-refractivity contribution in [3.8, 4) is 0 Å². The predicted octanol–water partition coefficient (Wildman–Crippen LogP) is 3.35. The first-order valence-electron chi connectivity index (χ1n) is 6.98. The van der Waals surface area contributed by atoms with E-state index in [1.54, 1.807) is 0 Å². The summed E-state index contributed by atoms with van der Waals surface area (Å²) in [6, 6.07) is 20.3. The summed E-state index contributed by atoms with van der Waals surface area (Å²) < 4.78 is 0. The van der Waals surface area contributed by atoms with Crippen LogP contribution in [0.15, 0.2) is 60.7 Å². The lowest BCUT2D eigenvalue weighted by molar-refractivity contribution is -0.127. The third-order valence-electron chi connectivity index (χ3n) is 3.84. The predicted molar refractivity (Wildman–Crippen MR) is 82.2 cm³/mol. The molecule has 2 rings (SSSR count). The Morgan fingerprint density at radius 3 is 1.95 bits per heavy atom. The van der Waals surface area contributed by atoms with Gasteiger partial charge in [-0.15, -0.1) is 0 Å². The molecule has 1 atom stereocenters. The van der Waals surface area contributed by atoms with E-state index in [0.717, 1.165) is 18.4 Å². The van der Waals surface area contributed by atoms with Gasteiger partial charge in [-0.1, -0.05) is 67.6 Å². The molecule has 1 unspecified atom stereocenters. The number of aryl methyl sites for hydroxylation is 1. The molecule has 2 heteroatoms. The van der Waals surface area contributed by atoms with Crippen LogP contribution in [0.1, 0.15) is 24.5 Å². The average Bonchev–Trinajstić information content (AvgIpc) is 2.47. The van der Waals surface area contributed by atoms with Crippen molar-refractivity contribution in [2.75, 3.05) is 0 Å². The molecule has 0 saturated heterocycles. The van der Waals surface area contributed by atoms with E-state index in [9.17, 15) is 4.79 Å². The van der Waals surface area contributed by atoms with E-state index in [0.29, 0.717) is 6.42 Å². The highest BCUT2D eigenvalue weighted by Crippen LogP contribution is 2.28. The van der Waals surface area contributed by atoms with Gasteiger partial charge in [0.05, 0.1) is 5.41 Å². The minimum absolute atomic E-state index is 0.225. The molecule has 104 valence electrons. The molecule has 0 heterocycles. The van der Waals surface area contributed by atoms with Crippen LogP contribution in [-0.2, 0) is 17.6 Å². The standard InChI is InChI=1S/C18H21NO/c1-18(17(19)20,14-16-10-6-3-7-11-16)13-12-15-8-4-2-5-9-15/h2-11H,12-14H2,1H3,(H2,19,20). The summed E-state index contributed by atoms with van der Waals surface area (Å²) in [5, 5.41) is 0. The van der Waals surface area contributed by atoms with E-state index < -0.39 is 5.41 Å². The van der Waals surface area contributed by atoms with Crippen LogP contribution in [0, 0.1) is 5.41 Å². The minimum atomic E-state index is -0.503. The molecule has 0 aromatic heterocycles. The van der Waals surface area contributed by atoms with Crippen molar-refractivity contribution < 1.29 is 4.79 Å². The van der Waals surface area contributed by atoms with Crippen LogP contribution in [0.4, 0.5) is 0 Å². The minimum Gasteiger partial charge on any atom is -0.369 e. The van der Waals surface area contributed by atoms with E-state index in [1.807, 2.05) is 55.5 Å². The summed E-state index contributed by atoms with van der Waals surface area (Å²) in [5.74, 6) is -0.225. The Morgan fingerprint density at radius 1 is 0.950 bits per heavy atom. The Bertz CT molecular complexity index is 550. The van der Waals surface area contributed by atoms with Crippen molar-refractivity contribution in [3.63, 3.8) is 0 Å². The highest BCUT2D eigenvalue weighted by molar-refractivity contribution is 5.80. The van der Waals surface area contributed by atoms with Crippen LogP contribution in [-0.4, -0.2) is 5.91 Å². The lowest BCUT2D eigenvalue weighted by atomic mass is 9.78. The lowest BCUT2D eigenvalue weighted by Crippen LogP contribution is -2.36. The van der Waals surface area contributed by atoms with Crippen LogP contribution in [0.5, 0.6) is 0 Å². The molecule has 0 aliphatic carbocycles. The Kier molecular flexibility index (Phi) is 4.57. The smallest absolute Gasteiger partial charge is 0.223 e. The van der Waals surface area contributed by atoms with Gasteiger partial charge in [0.15, 0.2) is 0 Å². The summed E-state index contributed by atoms with van der Waals surface area (Å²) in [7, 11) is 0. The molecule has 0 spiro atoms. The van der Waals surface area contributed by atoms with E-state index in [-0.39, 0.29) is 5.91 Å². The third-order valence-corrected chi connectivity index (χ3v) is 3.84. The molecule has 0 aliphatic rings. The molecular formula is C18H21NO. The van der Waals surface area contributed by atoms with Crippen LogP contribution in [0.3, 0.4) is 0 Å². The molecule has 1 amide bonds. The van der Waals surface area contributed by atoms with Gasteiger partial charge in [0.1, 0.15) is 0 Å². The monoisotopic (exact) mass is 267 g/mol. The quantitative estimate of drug-likeness (QED) is 0.857. The van der Waals surface area contributed by atoms with Crippen LogP contribution >= 0.6 is 0 Å². The first-order valence-corrected chi connectivity index (χ1v) is 6.98. The summed E-state index contributed by atoms with van der Waals surface area (Å²) in [6.45, 7) is 1.96. The van der Waals surface area contributed by atoms with Gasteiger partial charge in [0.25, 0.3) is 0 Å². The van der Waals surface area contributed by atoms with Crippen LogP contribution < -0.4 is 5.73 Å². The van der Waals surface area contributed by atoms with Crippen LogP contribution in [0.25, 0.3) is 0 Å². The third kappa shape index (κ3) is 3.70. The maximum absolute atomic E-state index is 11.9. The van der Waals surface area contributed by atoms with Crippen molar-refractivity contribution in [1.82, 2.24) is 0 Å². The number of hydrogen-bond acceptors (Lipinski definition) is 1. The van der Waals surface area contributed by atoms with Crippen LogP contribution in [0.2, 0.25) is 0 Å². The molecule has 20 heavy (non-hydrogen) atoms. The molecule has 0 bridgehead atoms. The fourth-order valence-corrected chi connectivity index (χ4v) is 2.41. The van der Waals surface area contributed by atoms with Gasteiger partial charge in [-0.05, 0) is 30.4 Å². The summed E-state index contributed by atoms with van der Waals surface area (Å²) in [4.78, 5) is 11.9. The SMILES string of the molecule is CC(CCc1ccccc1)(Cc1ccccc1)C(N)=O. The molecule has 2 aromatic rings. The second-order valence-electron chi connectivity index (χ2n) is 5.57. The Balaban J connectivity index is 2.08. The summed E-state index contributed by atoms with van der Waals surface area (Å²) >= 11 is 0. The molecule has 2 nitrogen and oxygen atoms in total. The normalized spacial score (nSPS) is 13.7. The van der Waals surface area contributed by atoms with Crippen molar-refractivity contribution in [1.29, 1.82) is 0 Å². The van der Waals surface area contributed by atoms with E-state index >= 15 is 0 Å². The van der Waals surface area contributed by atoms with Gasteiger partial charge in [0.2, 0.25) is 5.91 Å². The summed E-state index contributed by atoms with van der Waals surface area (Å²) in [5.41, 5.74) is 7.54. The second-order valence-corrected chi connectivity index (χ2v) is 5.57. The van der Waals surface area contributed by atoms with Crippen molar-refractivity contribution >= 4 is 5.91 Å². The maximum Gasteiger partial charge on any atom is 0.223 e. The Morgan fingerprint density at radius 2 is 1.45 bits per heavy atom. The largest absolute Gasteiger partial charge is 0.369 e. The average molecular weight is 267 g/mol. The second kappa shape index (κ2) is 6.38. The van der Waals surface area contributed by atoms with E-state index in [4.69, 9.17) is 5.73 Å². The van der Waals surface area contributed by atoms with Gasteiger partial charge in [-0.2, -0.15) is 0 Å². The van der Waals surface area contributed by atoms with E-state index in [1.165, 1.54) is 5.56 Å². The van der Waals surface area contributed by atoms with Gasteiger partial charge in [0, 0.05) is 0 Å². The molecular weight excluding hydrogens is 246 g/mol. The highest BCUT2D eigenvalue weighted by Gasteiger charge is 2.30. The first kappa shape index (κ1) is 14.3. The Hall–Kier alpha value is -2.09. The number of benzene rings is 2. The number of primary amides is 1. The first-order chi connectivity index (χ1) is 9.60. The lowest BCUT2D eigenvalue weighted by Gasteiger charge is -2.26. The van der Waals surface area contributed by atoms with Crippen molar-refractivity contribution in [3.05, 3.63) is 71.8 Å². The zero-order valence-corrected chi connectivity index (χ0v) is 11.9. The van der Waals surface area contributed by atoms with Crippen molar-refractivity contribution in [2.24, 2.45) is 11.1 Å². The topological polar surface area (TPSA) is 43.1 Å². The van der Waals surface area contributed by atoms with Crippen molar-refractivity contribution in [2.45, 2.75) is 26.2 Å². The number of nitrogens with two attached hydrogens (primary N) is 1. The molecule has 0 radical (unpaired) electrons. The summed E-state index contributed by atoms with van der Waals surface area (Å²) in [6.07, 6.45) is 2.32. The Labute approximate surface area is 120 Å². The molecule has 0 saturated carbocycles. The fraction of sp³-hybridized carbons (Fsp3) is 0.278. The van der Waals surface area contributed by atoms with Gasteiger partial charge < -0.3 is 5.73 Å². The number of rotatable bonds is 6. The molecule has 2 aromatic carbocycles.